The average Bonchev–Trinajstić information content (AvgIpc) is 2.57. The van der Waals surface area contributed by atoms with Gasteiger partial charge < -0.3 is 15.2 Å². The van der Waals surface area contributed by atoms with Crippen LogP contribution < -0.4 is 15.8 Å². The van der Waals surface area contributed by atoms with Crippen molar-refractivity contribution in [2.45, 2.75) is 13.0 Å². The Morgan fingerprint density at radius 3 is 2.58 bits per heavy atom. The molecule has 24 heavy (non-hydrogen) atoms. The summed E-state index contributed by atoms with van der Waals surface area (Å²) in [6.07, 6.45) is 1.86. The molecule has 1 atom stereocenters. The molecule has 9 heteroatoms. The SMILES string of the molecule is COc1cc(N)c(Cl)cc1C(=O)OC(C)C(=O)Nc1ncccn1. The van der Waals surface area contributed by atoms with Gasteiger partial charge in [0, 0.05) is 18.5 Å². The van der Waals surface area contributed by atoms with Crippen molar-refractivity contribution in [2.24, 2.45) is 0 Å². The number of hydrogen-bond acceptors (Lipinski definition) is 7. The van der Waals surface area contributed by atoms with Gasteiger partial charge in [-0.3, -0.25) is 10.1 Å². The highest BCUT2D eigenvalue weighted by atomic mass is 35.5. The third kappa shape index (κ3) is 4.11. The first-order valence-corrected chi connectivity index (χ1v) is 7.22. The predicted molar refractivity (Wildman–Crippen MR) is 88.0 cm³/mol. The van der Waals surface area contributed by atoms with Gasteiger partial charge in [0.2, 0.25) is 5.95 Å². The summed E-state index contributed by atoms with van der Waals surface area (Å²) in [4.78, 5) is 32.0. The van der Waals surface area contributed by atoms with E-state index in [4.69, 9.17) is 26.8 Å². The number of rotatable bonds is 5. The molecular formula is C15H15ClN4O4. The zero-order valence-electron chi connectivity index (χ0n) is 12.9. The van der Waals surface area contributed by atoms with E-state index in [1.54, 1.807) is 6.07 Å². The van der Waals surface area contributed by atoms with Crippen LogP contribution in [-0.2, 0) is 9.53 Å². The molecule has 1 amide bonds. The molecule has 0 saturated heterocycles. The van der Waals surface area contributed by atoms with Crippen molar-refractivity contribution in [3.8, 4) is 5.75 Å². The van der Waals surface area contributed by atoms with Crippen molar-refractivity contribution in [1.29, 1.82) is 0 Å². The number of ether oxygens (including phenoxy) is 2. The lowest BCUT2D eigenvalue weighted by atomic mass is 10.2. The van der Waals surface area contributed by atoms with Crippen LogP contribution in [0.15, 0.2) is 30.6 Å². The van der Waals surface area contributed by atoms with Gasteiger partial charge >= 0.3 is 5.97 Å². The van der Waals surface area contributed by atoms with Crippen molar-refractivity contribution in [3.63, 3.8) is 0 Å². The summed E-state index contributed by atoms with van der Waals surface area (Å²) in [5.74, 6) is -1.04. The highest BCUT2D eigenvalue weighted by molar-refractivity contribution is 6.33. The van der Waals surface area contributed by atoms with Gasteiger partial charge in [-0.05, 0) is 19.1 Å². The first-order chi connectivity index (χ1) is 11.4. The molecule has 0 bridgehead atoms. The standard InChI is InChI=1S/C15H15ClN4O4/c1-8(13(21)20-15-18-4-3-5-19-15)24-14(22)9-6-10(16)11(17)7-12(9)23-2/h3-8H,17H2,1-2H3,(H,18,19,20,21). The Bertz CT molecular complexity index is 755. The first kappa shape index (κ1) is 17.5. The molecule has 126 valence electrons. The van der Waals surface area contributed by atoms with Gasteiger partial charge in [-0.1, -0.05) is 11.6 Å². The number of carbonyl (C=O) groups is 2. The third-order valence-corrected chi connectivity index (χ3v) is 3.32. The molecule has 0 saturated carbocycles. The summed E-state index contributed by atoms with van der Waals surface area (Å²) in [7, 11) is 1.38. The van der Waals surface area contributed by atoms with Gasteiger partial charge in [0.05, 0.1) is 17.8 Å². The molecule has 8 nitrogen and oxygen atoms in total. The molecule has 0 aliphatic rings. The predicted octanol–water partition coefficient (Wildman–Crippen LogP) is 1.90. The number of aromatic nitrogens is 2. The highest BCUT2D eigenvalue weighted by Gasteiger charge is 2.23. The van der Waals surface area contributed by atoms with Crippen LogP contribution in [-0.4, -0.2) is 35.1 Å². The molecule has 0 aliphatic heterocycles. The van der Waals surface area contributed by atoms with E-state index >= 15 is 0 Å². The minimum absolute atomic E-state index is 0.0623. The molecule has 0 spiro atoms. The van der Waals surface area contributed by atoms with E-state index in [1.807, 2.05) is 0 Å². The molecular weight excluding hydrogens is 336 g/mol. The van der Waals surface area contributed by atoms with Crippen molar-refractivity contribution >= 4 is 35.1 Å². The highest BCUT2D eigenvalue weighted by Crippen LogP contribution is 2.29. The largest absolute Gasteiger partial charge is 0.496 e. The maximum Gasteiger partial charge on any atom is 0.342 e. The summed E-state index contributed by atoms with van der Waals surface area (Å²) in [6, 6.07) is 4.33. The number of nitrogens with one attached hydrogen (secondary N) is 1. The summed E-state index contributed by atoms with van der Waals surface area (Å²) >= 11 is 5.91. The van der Waals surface area contributed by atoms with Gasteiger partial charge in [0.25, 0.3) is 5.91 Å². The number of nitrogens with two attached hydrogens (primary N) is 1. The second kappa shape index (κ2) is 7.60. The molecule has 3 N–H and O–H groups in total. The molecule has 2 aromatic rings. The van der Waals surface area contributed by atoms with Crippen LogP contribution in [0.3, 0.4) is 0 Å². The lowest BCUT2D eigenvalue weighted by molar-refractivity contribution is -0.123. The van der Waals surface area contributed by atoms with Crippen LogP contribution in [0.25, 0.3) is 0 Å². The summed E-state index contributed by atoms with van der Waals surface area (Å²) in [5.41, 5.74) is 5.98. The molecule has 1 aromatic heterocycles. The van der Waals surface area contributed by atoms with Crippen molar-refractivity contribution < 1.29 is 19.1 Å². The lowest BCUT2D eigenvalue weighted by Crippen LogP contribution is -2.30. The quantitative estimate of drug-likeness (QED) is 0.624. The van der Waals surface area contributed by atoms with Gasteiger partial charge in [0.15, 0.2) is 6.10 Å². The second-order valence-corrected chi connectivity index (χ2v) is 5.09. The number of benzene rings is 1. The number of hydrogen-bond donors (Lipinski definition) is 2. The van der Waals surface area contributed by atoms with E-state index in [-0.39, 0.29) is 28.0 Å². The van der Waals surface area contributed by atoms with Gasteiger partial charge in [-0.15, -0.1) is 0 Å². The summed E-state index contributed by atoms with van der Waals surface area (Å²) < 4.78 is 10.2. The van der Waals surface area contributed by atoms with E-state index < -0.39 is 18.0 Å². The van der Waals surface area contributed by atoms with E-state index in [0.717, 1.165) is 0 Å². The zero-order valence-corrected chi connectivity index (χ0v) is 13.7. The fraction of sp³-hybridized carbons (Fsp3) is 0.200. The molecule has 1 unspecified atom stereocenters. The van der Waals surface area contributed by atoms with Crippen molar-refractivity contribution in [2.75, 3.05) is 18.2 Å². The van der Waals surface area contributed by atoms with Gasteiger partial charge in [-0.2, -0.15) is 0 Å². The maximum absolute atomic E-state index is 12.2. The lowest BCUT2D eigenvalue weighted by Gasteiger charge is -2.15. The fourth-order valence-corrected chi connectivity index (χ4v) is 1.91. The smallest absolute Gasteiger partial charge is 0.342 e. The van der Waals surface area contributed by atoms with E-state index in [9.17, 15) is 9.59 Å². The monoisotopic (exact) mass is 350 g/mol. The van der Waals surface area contributed by atoms with Crippen LogP contribution in [0.1, 0.15) is 17.3 Å². The third-order valence-electron chi connectivity index (χ3n) is 2.99. The molecule has 1 aromatic carbocycles. The minimum atomic E-state index is -1.08. The molecule has 0 aliphatic carbocycles. The number of amides is 1. The van der Waals surface area contributed by atoms with Crippen LogP contribution in [0.2, 0.25) is 5.02 Å². The number of nitrogens with zero attached hydrogens (tertiary/aromatic N) is 2. The number of esters is 1. The Balaban J connectivity index is 2.09. The Morgan fingerprint density at radius 1 is 1.29 bits per heavy atom. The van der Waals surface area contributed by atoms with E-state index in [0.29, 0.717) is 0 Å². The maximum atomic E-state index is 12.2. The Labute approximate surface area is 142 Å². The Hall–Kier alpha value is -2.87. The second-order valence-electron chi connectivity index (χ2n) is 4.68. The topological polar surface area (TPSA) is 116 Å². The van der Waals surface area contributed by atoms with Crippen LogP contribution >= 0.6 is 11.6 Å². The van der Waals surface area contributed by atoms with Crippen LogP contribution in [0.4, 0.5) is 11.6 Å². The molecule has 0 radical (unpaired) electrons. The number of halogens is 1. The zero-order chi connectivity index (χ0) is 17.7. The Morgan fingerprint density at radius 2 is 1.96 bits per heavy atom. The average molecular weight is 351 g/mol. The van der Waals surface area contributed by atoms with Gasteiger partial charge in [0.1, 0.15) is 11.3 Å². The van der Waals surface area contributed by atoms with E-state index in [2.05, 4.69) is 15.3 Å². The first-order valence-electron chi connectivity index (χ1n) is 6.84. The number of methoxy groups -OCH3 is 1. The normalized spacial score (nSPS) is 11.5. The molecule has 1 heterocycles. The summed E-state index contributed by atoms with van der Waals surface area (Å²) in [5, 5.41) is 2.61. The Kier molecular flexibility index (Phi) is 5.54. The minimum Gasteiger partial charge on any atom is -0.496 e. The number of carbonyl (C=O) groups excluding carboxylic acids is 2. The number of anilines is 2. The molecule has 0 fully saturated rings. The molecule has 2 rings (SSSR count). The van der Waals surface area contributed by atoms with Crippen molar-refractivity contribution in [3.05, 3.63) is 41.2 Å². The van der Waals surface area contributed by atoms with E-state index in [1.165, 1.54) is 38.6 Å². The summed E-state index contributed by atoms with van der Waals surface area (Å²) in [6.45, 7) is 1.42. The van der Waals surface area contributed by atoms with Gasteiger partial charge in [-0.25, -0.2) is 14.8 Å². The number of nitrogen functional groups attached to an aromatic ring is 1. The van der Waals surface area contributed by atoms with Crippen LogP contribution in [0.5, 0.6) is 5.75 Å². The van der Waals surface area contributed by atoms with Crippen LogP contribution in [0, 0.1) is 0 Å². The fourth-order valence-electron chi connectivity index (χ4n) is 1.75. The van der Waals surface area contributed by atoms with Crippen molar-refractivity contribution in [1.82, 2.24) is 9.97 Å².